The third-order valence-corrected chi connectivity index (χ3v) is 5.80. The lowest BCUT2D eigenvalue weighted by atomic mass is 9.94. The second-order valence-corrected chi connectivity index (χ2v) is 8.28. The molecular formula is C19H22F3N3O3S. The second-order valence-electron chi connectivity index (χ2n) is 7.40. The van der Waals surface area contributed by atoms with E-state index >= 15 is 0 Å². The molecule has 0 radical (unpaired) electrons. The van der Waals surface area contributed by atoms with Crippen LogP contribution in [0.3, 0.4) is 0 Å². The van der Waals surface area contributed by atoms with Crippen molar-refractivity contribution in [1.29, 1.82) is 0 Å². The van der Waals surface area contributed by atoms with Gasteiger partial charge in [-0.15, -0.1) is 11.3 Å². The van der Waals surface area contributed by atoms with Gasteiger partial charge in [-0.1, -0.05) is 13.8 Å². The van der Waals surface area contributed by atoms with E-state index in [0.717, 1.165) is 23.8 Å². The van der Waals surface area contributed by atoms with Crippen molar-refractivity contribution in [3.05, 3.63) is 28.3 Å². The average Bonchev–Trinajstić information content (AvgIpc) is 3.01. The zero-order valence-corrected chi connectivity index (χ0v) is 17.1. The molecule has 3 rings (SSSR count). The molecular weight excluding hydrogens is 407 g/mol. The van der Waals surface area contributed by atoms with E-state index in [1.807, 2.05) is 13.8 Å². The van der Waals surface area contributed by atoms with Gasteiger partial charge in [0.1, 0.15) is 0 Å². The summed E-state index contributed by atoms with van der Waals surface area (Å²) in [6, 6.07) is 1.03. The molecule has 0 unspecified atom stereocenters. The second kappa shape index (κ2) is 8.17. The molecule has 0 bridgehead atoms. The monoisotopic (exact) mass is 429 g/mol. The fourth-order valence-corrected chi connectivity index (χ4v) is 4.06. The smallest absolute Gasteiger partial charge is 0.417 e. The first-order chi connectivity index (χ1) is 13.6. The Morgan fingerprint density at radius 3 is 2.66 bits per heavy atom. The summed E-state index contributed by atoms with van der Waals surface area (Å²) in [4.78, 5) is 29.8. The highest BCUT2D eigenvalue weighted by molar-refractivity contribution is 7.17. The Morgan fingerprint density at radius 1 is 1.38 bits per heavy atom. The molecule has 3 heterocycles. The van der Waals surface area contributed by atoms with Crippen molar-refractivity contribution in [3.8, 4) is 0 Å². The lowest BCUT2D eigenvalue weighted by Gasteiger charge is -2.38. The number of carbonyl (C=O) groups is 2. The minimum Gasteiger partial charge on any atom is -0.449 e. The van der Waals surface area contributed by atoms with Gasteiger partial charge < -0.3 is 15.0 Å². The largest absolute Gasteiger partial charge is 0.449 e. The van der Waals surface area contributed by atoms with Gasteiger partial charge in [0.05, 0.1) is 28.0 Å². The van der Waals surface area contributed by atoms with Crippen LogP contribution < -0.4 is 5.32 Å². The highest BCUT2D eigenvalue weighted by atomic mass is 32.1. The van der Waals surface area contributed by atoms with Crippen molar-refractivity contribution in [2.24, 2.45) is 5.92 Å². The van der Waals surface area contributed by atoms with Gasteiger partial charge in [0.25, 0.3) is 5.91 Å². The first-order valence-electron chi connectivity index (χ1n) is 9.25. The van der Waals surface area contributed by atoms with Crippen molar-refractivity contribution < 1.29 is 27.5 Å². The van der Waals surface area contributed by atoms with Gasteiger partial charge in [-0.25, -0.2) is 4.79 Å². The molecule has 6 nitrogen and oxygen atoms in total. The Labute approximate surface area is 170 Å². The van der Waals surface area contributed by atoms with E-state index in [4.69, 9.17) is 4.74 Å². The molecule has 0 aromatic carbocycles. The summed E-state index contributed by atoms with van der Waals surface area (Å²) < 4.78 is 45.8. The summed E-state index contributed by atoms with van der Waals surface area (Å²) >= 11 is 0.846. The molecule has 1 N–H and O–H groups in total. The Hall–Kier alpha value is -2.36. The van der Waals surface area contributed by atoms with Gasteiger partial charge in [0, 0.05) is 37.1 Å². The number of aromatic nitrogens is 1. The number of rotatable bonds is 5. The molecule has 10 heteroatoms. The first-order valence-corrected chi connectivity index (χ1v) is 10.1. The van der Waals surface area contributed by atoms with Crippen LogP contribution in [0.15, 0.2) is 11.4 Å². The van der Waals surface area contributed by atoms with Crippen molar-refractivity contribution >= 4 is 33.6 Å². The van der Waals surface area contributed by atoms with Crippen LogP contribution in [0.4, 0.5) is 18.0 Å². The number of nitrogens with one attached hydrogen (secondary N) is 1. The van der Waals surface area contributed by atoms with Gasteiger partial charge >= 0.3 is 12.3 Å². The lowest BCUT2D eigenvalue weighted by Crippen LogP contribution is -2.49. The maximum absolute atomic E-state index is 13.6. The summed E-state index contributed by atoms with van der Waals surface area (Å²) in [6.07, 6.45) is -4.29. The molecule has 0 aliphatic carbocycles. The van der Waals surface area contributed by atoms with Crippen molar-refractivity contribution in [3.63, 3.8) is 0 Å². The fourth-order valence-electron chi connectivity index (χ4n) is 3.03. The predicted molar refractivity (Wildman–Crippen MR) is 103 cm³/mol. The molecule has 158 valence electrons. The number of hydrogen-bond donors (Lipinski definition) is 1. The number of ether oxygens (including phenoxy) is 1. The van der Waals surface area contributed by atoms with Crippen molar-refractivity contribution in [2.75, 3.05) is 26.7 Å². The molecule has 0 saturated carbocycles. The van der Waals surface area contributed by atoms with Gasteiger partial charge in [-0.3, -0.25) is 9.78 Å². The number of fused-ring (bicyclic) bond motifs is 1. The van der Waals surface area contributed by atoms with Crippen LogP contribution >= 0.6 is 11.3 Å². The number of halogens is 3. The van der Waals surface area contributed by atoms with E-state index in [1.165, 1.54) is 17.3 Å². The fraction of sp³-hybridized carbons (Fsp3) is 0.526. The summed E-state index contributed by atoms with van der Waals surface area (Å²) in [6.45, 7) is 4.81. The summed E-state index contributed by atoms with van der Waals surface area (Å²) in [5, 5.41) is 3.80. The Kier molecular flexibility index (Phi) is 6.02. The number of hydrogen-bond acceptors (Lipinski definition) is 5. The Balaban J connectivity index is 1.82. The number of alkyl halides is 3. The Morgan fingerprint density at radius 2 is 2.07 bits per heavy atom. The molecule has 1 aliphatic rings. The lowest BCUT2D eigenvalue weighted by molar-refractivity contribution is -0.136. The normalized spacial score (nSPS) is 14.9. The minimum atomic E-state index is -4.57. The van der Waals surface area contributed by atoms with Crippen LogP contribution in [0, 0.1) is 5.92 Å². The third-order valence-electron chi connectivity index (χ3n) is 4.80. The molecule has 2 aromatic heterocycles. The zero-order valence-electron chi connectivity index (χ0n) is 16.3. The van der Waals surface area contributed by atoms with Crippen LogP contribution in [0.1, 0.15) is 47.8 Å². The molecule has 1 aliphatic heterocycles. The van der Waals surface area contributed by atoms with E-state index in [2.05, 4.69) is 10.3 Å². The van der Waals surface area contributed by atoms with Gasteiger partial charge in [-0.2, -0.15) is 13.2 Å². The Bertz CT molecular complexity index is 921. The minimum absolute atomic E-state index is 0.0390. The molecule has 29 heavy (non-hydrogen) atoms. The molecule has 1 saturated heterocycles. The van der Waals surface area contributed by atoms with Gasteiger partial charge in [-0.05, 0) is 18.4 Å². The van der Waals surface area contributed by atoms with Crippen LogP contribution in [0.2, 0.25) is 0 Å². The van der Waals surface area contributed by atoms with Crippen LogP contribution in [0.5, 0.6) is 0 Å². The SMILES string of the molecule is CNC(=O)c1csc2c(C(F)(F)F)cc(C3CN(C(=O)OCCC(C)C)C3)nc12. The highest BCUT2D eigenvalue weighted by Crippen LogP contribution is 2.40. The molecule has 0 atom stereocenters. The maximum Gasteiger partial charge on any atom is 0.417 e. The van der Waals surface area contributed by atoms with E-state index < -0.39 is 23.7 Å². The molecule has 2 amide bonds. The number of nitrogens with zero attached hydrogens (tertiary/aromatic N) is 2. The standard InChI is InChI=1S/C19H22F3N3O3S/c1-10(2)4-5-28-18(27)25-7-11(8-25)14-6-13(19(20,21)22)16-15(24-14)12(9-29-16)17(26)23-3/h6,9-11H,4-5,7-8H2,1-3H3,(H,23,26). The van der Waals surface area contributed by atoms with E-state index in [-0.39, 0.29) is 40.5 Å². The van der Waals surface area contributed by atoms with Crippen LogP contribution in [-0.4, -0.2) is 48.6 Å². The molecule has 2 aromatic rings. The summed E-state index contributed by atoms with van der Waals surface area (Å²) in [5.41, 5.74) is -0.434. The quantitative estimate of drug-likeness (QED) is 0.771. The summed E-state index contributed by atoms with van der Waals surface area (Å²) in [5.74, 6) is -0.419. The third kappa shape index (κ3) is 4.47. The molecule has 0 spiro atoms. The van der Waals surface area contributed by atoms with E-state index in [9.17, 15) is 22.8 Å². The number of pyridine rings is 1. The number of thiophene rings is 1. The summed E-state index contributed by atoms with van der Waals surface area (Å²) in [7, 11) is 1.41. The van der Waals surface area contributed by atoms with Crippen LogP contribution in [0.25, 0.3) is 10.2 Å². The topological polar surface area (TPSA) is 71.5 Å². The number of carbonyl (C=O) groups excluding carboxylic acids is 2. The van der Waals surface area contributed by atoms with Crippen molar-refractivity contribution in [1.82, 2.24) is 15.2 Å². The first kappa shape index (κ1) is 21.4. The number of likely N-dealkylation sites (tertiary alicyclic amines) is 1. The van der Waals surface area contributed by atoms with Crippen molar-refractivity contribution in [2.45, 2.75) is 32.4 Å². The van der Waals surface area contributed by atoms with Gasteiger partial charge in [0.15, 0.2) is 0 Å². The highest BCUT2D eigenvalue weighted by Gasteiger charge is 2.39. The molecule has 1 fully saturated rings. The van der Waals surface area contributed by atoms with E-state index in [1.54, 1.807) is 0 Å². The maximum atomic E-state index is 13.6. The average molecular weight is 429 g/mol. The predicted octanol–water partition coefficient (Wildman–Crippen LogP) is 4.26. The van der Waals surface area contributed by atoms with Crippen LogP contribution in [-0.2, 0) is 10.9 Å². The van der Waals surface area contributed by atoms with Gasteiger partial charge in [0.2, 0.25) is 0 Å². The zero-order chi connectivity index (χ0) is 21.3. The van der Waals surface area contributed by atoms with E-state index in [0.29, 0.717) is 12.5 Å². The number of amides is 2.